The maximum Gasteiger partial charge on any atom is 0.161 e. The lowest BCUT2D eigenvalue weighted by atomic mass is 9.89. The SMILES string of the molecule is CC1(C)c2ncccc2-c2c1n(-c1ccnc(-c3ccccc3)n1)c1ccccc21. The Balaban J connectivity index is 1.69. The molecule has 3 heterocycles. The van der Waals surface area contributed by atoms with Gasteiger partial charge in [-0.3, -0.25) is 9.55 Å². The molecule has 1 aliphatic carbocycles. The lowest BCUT2D eigenvalue weighted by molar-refractivity contribution is 0.602. The number of pyridine rings is 1. The van der Waals surface area contributed by atoms with Crippen molar-refractivity contribution >= 4 is 10.9 Å². The van der Waals surface area contributed by atoms with Gasteiger partial charge in [0, 0.05) is 45.6 Å². The fraction of sp³-hybridized carbons (Fsp3) is 0.115. The average molecular weight is 388 g/mol. The van der Waals surface area contributed by atoms with Gasteiger partial charge in [0.05, 0.1) is 11.2 Å². The highest BCUT2D eigenvalue weighted by molar-refractivity contribution is 6.03. The summed E-state index contributed by atoms with van der Waals surface area (Å²) in [6, 6.07) is 24.9. The number of para-hydroxylation sites is 1. The van der Waals surface area contributed by atoms with Crippen molar-refractivity contribution in [2.75, 3.05) is 0 Å². The van der Waals surface area contributed by atoms with Crippen LogP contribution in [0.15, 0.2) is 85.2 Å². The molecule has 0 N–H and O–H groups in total. The van der Waals surface area contributed by atoms with Crippen LogP contribution in [-0.2, 0) is 5.41 Å². The fourth-order valence-electron chi connectivity index (χ4n) is 4.76. The summed E-state index contributed by atoms with van der Waals surface area (Å²) in [6.45, 7) is 4.50. The average Bonchev–Trinajstić information content (AvgIpc) is 3.26. The second kappa shape index (κ2) is 6.10. The van der Waals surface area contributed by atoms with Crippen LogP contribution in [0.1, 0.15) is 25.2 Å². The van der Waals surface area contributed by atoms with Crippen LogP contribution in [0.25, 0.3) is 39.2 Å². The van der Waals surface area contributed by atoms with Crippen LogP contribution in [0.4, 0.5) is 0 Å². The Hall–Kier alpha value is -3.79. The molecular weight excluding hydrogens is 368 g/mol. The minimum absolute atomic E-state index is 0.233. The zero-order valence-electron chi connectivity index (χ0n) is 16.9. The molecule has 2 aromatic carbocycles. The van der Waals surface area contributed by atoms with E-state index >= 15 is 0 Å². The topological polar surface area (TPSA) is 43.6 Å². The smallest absolute Gasteiger partial charge is 0.161 e. The summed E-state index contributed by atoms with van der Waals surface area (Å²) < 4.78 is 2.29. The van der Waals surface area contributed by atoms with E-state index in [0.29, 0.717) is 0 Å². The number of hydrogen-bond acceptors (Lipinski definition) is 3. The van der Waals surface area contributed by atoms with Crippen LogP contribution in [0, 0.1) is 0 Å². The number of aromatic nitrogens is 4. The Morgan fingerprint density at radius 3 is 2.43 bits per heavy atom. The van der Waals surface area contributed by atoms with Gasteiger partial charge in [0.25, 0.3) is 0 Å². The molecule has 0 amide bonds. The van der Waals surface area contributed by atoms with Crippen LogP contribution in [0.5, 0.6) is 0 Å². The Bertz CT molecular complexity index is 1410. The van der Waals surface area contributed by atoms with Crippen molar-refractivity contribution in [2.24, 2.45) is 0 Å². The van der Waals surface area contributed by atoms with Gasteiger partial charge in [-0.05, 0) is 32.0 Å². The zero-order valence-corrected chi connectivity index (χ0v) is 16.9. The summed E-state index contributed by atoms with van der Waals surface area (Å²) in [5.41, 5.74) is 6.76. The molecule has 0 radical (unpaired) electrons. The summed E-state index contributed by atoms with van der Waals surface area (Å²) in [5, 5.41) is 1.23. The van der Waals surface area contributed by atoms with E-state index in [4.69, 9.17) is 9.97 Å². The molecule has 0 bridgehead atoms. The molecule has 5 aromatic rings. The molecule has 4 heteroatoms. The molecule has 1 aliphatic rings. The van der Waals surface area contributed by atoms with E-state index in [-0.39, 0.29) is 5.41 Å². The molecule has 0 aliphatic heterocycles. The molecule has 144 valence electrons. The zero-order chi connectivity index (χ0) is 20.3. The van der Waals surface area contributed by atoms with E-state index in [0.717, 1.165) is 28.4 Å². The first-order valence-electron chi connectivity index (χ1n) is 10.1. The van der Waals surface area contributed by atoms with Crippen molar-refractivity contribution in [3.05, 3.63) is 96.6 Å². The van der Waals surface area contributed by atoms with Gasteiger partial charge in [-0.2, -0.15) is 0 Å². The molecule has 0 spiro atoms. The van der Waals surface area contributed by atoms with Crippen molar-refractivity contribution in [1.82, 2.24) is 19.5 Å². The van der Waals surface area contributed by atoms with Crippen molar-refractivity contribution in [3.63, 3.8) is 0 Å². The summed E-state index contributed by atoms with van der Waals surface area (Å²) in [5.74, 6) is 1.60. The number of nitrogens with zero attached hydrogens (tertiary/aromatic N) is 4. The molecule has 0 fully saturated rings. The molecule has 0 atom stereocenters. The van der Waals surface area contributed by atoms with E-state index in [1.54, 1.807) is 0 Å². The highest BCUT2D eigenvalue weighted by atomic mass is 15.1. The Kier molecular flexibility index (Phi) is 3.48. The second-order valence-electron chi connectivity index (χ2n) is 8.21. The van der Waals surface area contributed by atoms with Gasteiger partial charge >= 0.3 is 0 Å². The van der Waals surface area contributed by atoms with Crippen molar-refractivity contribution in [3.8, 4) is 28.3 Å². The molecular formula is C26H20N4. The Morgan fingerprint density at radius 2 is 1.57 bits per heavy atom. The molecule has 4 nitrogen and oxygen atoms in total. The van der Waals surface area contributed by atoms with Gasteiger partial charge in [0.1, 0.15) is 5.82 Å². The highest BCUT2D eigenvalue weighted by Crippen LogP contribution is 2.52. The van der Waals surface area contributed by atoms with Crippen LogP contribution in [0.3, 0.4) is 0 Å². The third kappa shape index (κ3) is 2.25. The van der Waals surface area contributed by atoms with Gasteiger partial charge in [-0.1, -0.05) is 54.6 Å². The van der Waals surface area contributed by atoms with Crippen LogP contribution < -0.4 is 0 Å². The van der Waals surface area contributed by atoms with E-state index < -0.39 is 0 Å². The number of benzene rings is 2. The van der Waals surface area contributed by atoms with E-state index in [2.05, 4.69) is 53.7 Å². The largest absolute Gasteiger partial charge is 0.296 e. The molecule has 0 saturated carbocycles. The van der Waals surface area contributed by atoms with Gasteiger partial charge < -0.3 is 0 Å². The van der Waals surface area contributed by atoms with E-state index in [9.17, 15) is 0 Å². The van der Waals surface area contributed by atoms with Crippen molar-refractivity contribution in [2.45, 2.75) is 19.3 Å². The summed E-state index contributed by atoms with van der Waals surface area (Å²) in [7, 11) is 0. The quantitative estimate of drug-likeness (QED) is 0.384. The molecule has 0 saturated heterocycles. The molecule has 0 unspecified atom stereocenters. The predicted molar refractivity (Wildman–Crippen MR) is 120 cm³/mol. The molecule has 30 heavy (non-hydrogen) atoms. The van der Waals surface area contributed by atoms with Crippen molar-refractivity contribution < 1.29 is 0 Å². The highest BCUT2D eigenvalue weighted by Gasteiger charge is 2.42. The predicted octanol–water partition coefficient (Wildman–Crippen LogP) is 5.79. The molecule has 6 rings (SSSR count). The number of hydrogen-bond donors (Lipinski definition) is 0. The summed E-state index contributed by atoms with van der Waals surface area (Å²) >= 11 is 0. The third-order valence-corrected chi connectivity index (χ3v) is 6.04. The number of fused-ring (bicyclic) bond motifs is 5. The first kappa shape index (κ1) is 17.1. The first-order valence-corrected chi connectivity index (χ1v) is 10.1. The van der Waals surface area contributed by atoms with Crippen molar-refractivity contribution in [1.29, 1.82) is 0 Å². The van der Waals surface area contributed by atoms with Crippen LogP contribution in [-0.4, -0.2) is 19.5 Å². The maximum absolute atomic E-state index is 4.97. The van der Waals surface area contributed by atoms with E-state index in [1.165, 1.54) is 22.2 Å². The minimum atomic E-state index is -0.233. The first-order chi connectivity index (χ1) is 14.7. The standard InChI is InChI=1S/C26H20N4/c1-26(2)23-19(12-8-15-27-23)22-18-11-6-7-13-20(18)30(24(22)26)21-14-16-28-25(29-21)17-9-4-3-5-10-17/h3-16H,1-2H3. The summed E-state index contributed by atoms with van der Waals surface area (Å²) in [4.78, 5) is 14.3. The van der Waals surface area contributed by atoms with Gasteiger partial charge in [-0.15, -0.1) is 0 Å². The number of rotatable bonds is 2. The molecule has 3 aromatic heterocycles. The van der Waals surface area contributed by atoms with Gasteiger partial charge in [0.15, 0.2) is 5.82 Å². The van der Waals surface area contributed by atoms with Crippen LogP contribution >= 0.6 is 0 Å². The monoisotopic (exact) mass is 388 g/mol. The minimum Gasteiger partial charge on any atom is -0.296 e. The van der Waals surface area contributed by atoms with E-state index in [1.807, 2.05) is 54.9 Å². The normalized spacial score (nSPS) is 13.9. The summed E-state index contributed by atoms with van der Waals surface area (Å²) in [6.07, 6.45) is 3.73. The second-order valence-corrected chi connectivity index (χ2v) is 8.21. The van der Waals surface area contributed by atoms with Gasteiger partial charge in [-0.25, -0.2) is 9.97 Å². The fourth-order valence-corrected chi connectivity index (χ4v) is 4.76. The Morgan fingerprint density at radius 1 is 0.767 bits per heavy atom. The third-order valence-electron chi connectivity index (χ3n) is 6.04. The van der Waals surface area contributed by atoms with Gasteiger partial charge in [0.2, 0.25) is 0 Å². The van der Waals surface area contributed by atoms with Crippen LogP contribution in [0.2, 0.25) is 0 Å². The lowest BCUT2D eigenvalue weighted by Crippen LogP contribution is -2.21. The lowest BCUT2D eigenvalue weighted by Gasteiger charge is -2.23. The maximum atomic E-state index is 4.97. The Labute approximate surface area is 174 Å².